The van der Waals surface area contributed by atoms with Crippen molar-refractivity contribution in [2.24, 2.45) is 0 Å². The second-order valence-corrected chi connectivity index (χ2v) is 9.11. The van der Waals surface area contributed by atoms with Crippen molar-refractivity contribution >= 4 is 17.2 Å². The zero-order valence-electron chi connectivity index (χ0n) is 18.1. The van der Waals surface area contributed by atoms with E-state index in [0.717, 1.165) is 22.9 Å². The summed E-state index contributed by atoms with van der Waals surface area (Å²) >= 11 is 0.385. The van der Waals surface area contributed by atoms with Crippen LogP contribution < -0.4 is 15.2 Å². The fourth-order valence-electron chi connectivity index (χ4n) is 4.16. The minimum absolute atomic E-state index is 0.0145. The predicted octanol–water partition coefficient (Wildman–Crippen LogP) is 4.00. The smallest absolute Gasteiger partial charge is 0.425 e. The number of fused-ring (bicyclic) bond motifs is 5. The summed E-state index contributed by atoms with van der Waals surface area (Å²) in [6, 6.07) is 3.84. The molecule has 5 rings (SSSR count). The Labute approximate surface area is 203 Å². The van der Waals surface area contributed by atoms with E-state index in [2.05, 4.69) is 0 Å². The van der Waals surface area contributed by atoms with Crippen LogP contribution in [-0.2, 0) is 6.18 Å². The van der Waals surface area contributed by atoms with Crippen LogP contribution in [0.5, 0.6) is 11.5 Å². The number of aromatic nitrogens is 1. The Bertz CT molecular complexity index is 1450. The molecule has 4 heterocycles. The Kier molecular flexibility index (Phi) is 5.74. The fourth-order valence-corrected chi connectivity index (χ4v) is 5.16. The fraction of sp³-hybridized carbons (Fsp3) is 0.217. The van der Waals surface area contributed by atoms with Gasteiger partial charge in [-0.15, -0.1) is 11.3 Å². The van der Waals surface area contributed by atoms with E-state index in [0.29, 0.717) is 11.3 Å². The van der Waals surface area contributed by atoms with Crippen LogP contribution in [0.2, 0.25) is 0 Å². The summed E-state index contributed by atoms with van der Waals surface area (Å²) < 4.78 is 76.2. The van der Waals surface area contributed by atoms with E-state index in [1.165, 1.54) is 40.4 Å². The highest BCUT2D eigenvalue weighted by molar-refractivity contribution is 7.12. The van der Waals surface area contributed by atoms with Crippen molar-refractivity contribution in [1.82, 2.24) is 9.58 Å². The number of halogens is 5. The molecule has 0 unspecified atom stereocenters. The molecule has 2 bridgehead atoms. The van der Waals surface area contributed by atoms with Crippen molar-refractivity contribution in [2.45, 2.75) is 12.2 Å². The maximum absolute atomic E-state index is 14.9. The molecule has 1 aromatic carbocycles. The highest BCUT2D eigenvalue weighted by Crippen LogP contribution is 2.43. The van der Waals surface area contributed by atoms with Gasteiger partial charge in [-0.05, 0) is 30.3 Å². The maximum atomic E-state index is 14.9. The molecule has 0 saturated carbocycles. The topological polar surface area (TPSA) is 75.0 Å². The van der Waals surface area contributed by atoms with E-state index < -0.39 is 57.3 Å². The molecule has 1 amide bonds. The van der Waals surface area contributed by atoms with Crippen LogP contribution in [0.25, 0.3) is 0 Å². The third-order valence-electron chi connectivity index (χ3n) is 5.80. The van der Waals surface area contributed by atoms with Crippen molar-refractivity contribution in [3.8, 4) is 11.5 Å². The SMILES string of the molecule is O=C1c2c(O)c(=O)ccn2N2CN1C/C=C\COc1c(ccc(F)c1F)[C@H]2c1ccc(C(F)(F)F)s1. The average molecular weight is 525 g/mol. The standard InChI is InChI=1S/C23H16F5N3O4S/c24-13-4-3-12-18(15-5-6-16(36-15)23(26,27)28)31-11-29(8-1-2-10-35-21(12)17(13)25)22(34)19-20(33)14(32)7-9-30(19)31/h1-7,9,18,33H,8,10-11H2/b2-1-/t18-/m0/s1. The Morgan fingerprint density at radius 1 is 1.06 bits per heavy atom. The summed E-state index contributed by atoms with van der Waals surface area (Å²) in [5.41, 5.74) is -1.26. The normalized spacial score (nSPS) is 18.7. The molecule has 0 aliphatic carbocycles. The average Bonchev–Trinajstić information content (AvgIpc) is 3.31. The number of aromatic hydroxyl groups is 1. The molecule has 2 aromatic heterocycles. The molecule has 3 aromatic rings. The van der Waals surface area contributed by atoms with Crippen LogP contribution in [0.1, 0.15) is 31.8 Å². The number of nitrogens with zero attached hydrogens (tertiary/aromatic N) is 3. The molecule has 0 radical (unpaired) electrons. The number of alkyl halides is 3. The molecule has 0 fully saturated rings. The second-order valence-electron chi connectivity index (χ2n) is 7.99. The van der Waals surface area contributed by atoms with Crippen LogP contribution in [0.15, 0.2) is 53.5 Å². The summed E-state index contributed by atoms with van der Waals surface area (Å²) in [7, 11) is 0. The monoisotopic (exact) mass is 525 g/mol. The molecular weight excluding hydrogens is 509 g/mol. The predicted molar refractivity (Wildman–Crippen MR) is 119 cm³/mol. The molecular formula is C23H16F5N3O4S. The molecule has 188 valence electrons. The van der Waals surface area contributed by atoms with Gasteiger partial charge >= 0.3 is 6.18 Å². The summed E-state index contributed by atoms with van der Waals surface area (Å²) in [5, 5.41) is 11.8. The first-order chi connectivity index (χ1) is 17.1. The molecule has 1 atom stereocenters. The Balaban J connectivity index is 1.82. The molecule has 7 nitrogen and oxygen atoms in total. The number of carbonyl (C=O) groups excluding carboxylic acids is 1. The van der Waals surface area contributed by atoms with Crippen LogP contribution in [0, 0.1) is 11.6 Å². The first-order valence-electron chi connectivity index (χ1n) is 10.5. The number of amides is 1. The number of rotatable bonds is 1. The lowest BCUT2D eigenvalue weighted by Gasteiger charge is -2.43. The van der Waals surface area contributed by atoms with Gasteiger partial charge < -0.3 is 14.7 Å². The third kappa shape index (κ3) is 3.88. The second kappa shape index (κ2) is 8.66. The largest absolute Gasteiger partial charge is 0.502 e. The van der Waals surface area contributed by atoms with Gasteiger partial charge in [-0.1, -0.05) is 6.08 Å². The van der Waals surface area contributed by atoms with Gasteiger partial charge in [0.2, 0.25) is 11.2 Å². The van der Waals surface area contributed by atoms with Gasteiger partial charge in [-0.2, -0.15) is 17.6 Å². The van der Waals surface area contributed by atoms with Crippen LogP contribution in [0.4, 0.5) is 22.0 Å². The lowest BCUT2D eigenvalue weighted by molar-refractivity contribution is -0.134. The van der Waals surface area contributed by atoms with E-state index in [4.69, 9.17) is 4.74 Å². The van der Waals surface area contributed by atoms with Crippen molar-refractivity contribution in [3.63, 3.8) is 0 Å². The summed E-state index contributed by atoms with van der Waals surface area (Å²) in [4.78, 5) is 25.7. The van der Waals surface area contributed by atoms with Gasteiger partial charge in [-0.3, -0.25) is 19.3 Å². The van der Waals surface area contributed by atoms with Gasteiger partial charge in [0.15, 0.2) is 23.0 Å². The van der Waals surface area contributed by atoms with Crippen molar-refractivity contribution < 1.29 is 36.6 Å². The van der Waals surface area contributed by atoms with Gasteiger partial charge in [0.25, 0.3) is 5.91 Å². The zero-order valence-corrected chi connectivity index (χ0v) is 18.9. The number of ether oxygens (including phenoxy) is 1. The molecule has 2 aliphatic heterocycles. The Morgan fingerprint density at radius 2 is 1.83 bits per heavy atom. The number of carbonyl (C=O) groups is 1. The molecule has 0 saturated heterocycles. The lowest BCUT2D eigenvalue weighted by atomic mass is 10.0. The van der Waals surface area contributed by atoms with Gasteiger partial charge in [0, 0.05) is 29.2 Å². The maximum Gasteiger partial charge on any atom is 0.425 e. The molecule has 13 heteroatoms. The van der Waals surface area contributed by atoms with E-state index >= 15 is 0 Å². The first-order valence-corrected chi connectivity index (χ1v) is 11.3. The van der Waals surface area contributed by atoms with E-state index in [9.17, 15) is 36.6 Å². The first kappa shape index (κ1) is 23.9. The summed E-state index contributed by atoms with van der Waals surface area (Å²) in [5.74, 6) is -4.60. The molecule has 1 N–H and O–H groups in total. The Morgan fingerprint density at radius 3 is 2.56 bits per heavy atom. The van der Waals surface area contributed by atoms with Crippen LogP contribution in [0.3, 0.4) is 0 Å². The zero-order chi connectivity index (χ0) is 25.8. The third-order valence-corrected chi connectivity index (χ3v) is 6.98. The van der Waals surface area contributed by atoms with Gasteiger partial charge in [0.05, 0.1) is 0 Å². The van der Waals surface area contributed by atoms with E-state index in [-0.39, 0.29) is 30.3 Å². The lowest BCUT2D eigenvalue weighted by Crippen LogP contribution is -2.55. The summed E-state index contributed by atoms with van der Waals surface area (Å²) in [6.07, 6.45) is -0.481. The van der Waals surface area contributed by atoms with E-state index in [1.54, 1.807) is 0 Å². The highest BCUT2D eigenvalue weighted by Gasteiger charge is 2.40. The molecule has 0 spiro atoms. The van der Waals surface area contributed by atoms with Gasteiger partial charge in [-0.25, -0.2) is 4.39 Å². The highest BCUT2D eigenvalue weighted by atomic mass is 32.1. The summed E-state index contributed by atoms with van der Waals surface area (Å²) in [6.45, 7) is -0.448. The van der Waals surface area contributed by atoms with Gasteiger partial charge in [0.1, 0.15) is 24.2 Å². The number of thiophene rings is 1. The number of pyridine rings is 1. The number of hydrogen-bond donors (Lipinski definition) is 1. The van der Waals surface area contributed by atoms with Crippen LogP contribution in [-0.4, -0.2) is 40.4 Å². The minimum atomic E-state index is -4.65. The minimum Gasteiger partial charge on any atom is -0.502 e. The number of benzene rings is 1. The quantitative estimate of drug-likeness (QED) is 0.384. The van der Waals surface area contributed by atoms with E-state index in [1.807, 2.05) is 0 Å². The Hall–Kier alpha value is -3.87. The molecule has 2 aliphatic rings. The van der Waals surface area contributed by atoms with Crippen molar-refractivity contribution in [2.75, 3.05) is 24.8 Å². The molecule has 36 heavy (non-hydrogen) atoms. The van der Waals surface area contributed by atoms with Crippen molar-refractivity contribution in [1.29, 1.82) is 0 Å². The number of hydrogen-bond acceptors (Lipinski definition) is 6. The van der Waals surface area contributed by atoms with Crippen molar-refractivity contribution in [3.05, 3.63) is 91.6 Å². The van der Waals surface area contributed by atoms with Crippen LogP contribution >= 0.6 is 11.3 Å².